The van der Waals surface area contributed by atoms with Crippen molar-refractivity contribution >= 4 is 11.7 Å². The lowest BCUT2D eigenvalue weighted by atomic mass is 9.99. The highest BCUT2D eigenvalue weighted by atomic mass is 16.5. The molecule has 2 N–H and O–H groups in total. The highest BCUT2D eigenvalue weighted by Crippen LogP contribution is 2.28. The number of ether oxygens (including phenoxy) is 1. The molecule has 0 bridgehead atoms. The number of pyridine rings is 2. The number of aromatic amines is 1. The first kappa shape index (κ1) is 22.3. The van der Waals surface area contributed by atoms with Crippen molar-refractivity contribution in [2.24, 2.45) is 0 Å². The standard InChI is InChI=1S/C25H32N4O3/c1-3-29(19-10-13-32-14-11-19)23-20-8-6-4-5-7-18-15-17(2)28-25(31)22(18)16-27-24(30)21(20)9-12-26-23/h4,6,9,12,15,19H,3,5,7-8,10-11,13-14,16H2,1-2H3,(H,27,30)(H,28,31)/b6-4-. The van der Waals surface area contributed by atoms with E-state index in [-0.39, 0.29) is 18.0 Å². The van der Waals surface area contributed by atoms with Crippen LogP contribution in [0, 0.1) is 6.92 Å². The van der Waals surface area contributed by atoms with Gasteiger partial charge in [-0.3, -0.25) is 9.59 Å². The van der Waals surface area contributed by atoms with E-state index < -0.39 is 0 Å². The lowest BCUT2D eigenvalue weighted by Crippen LogP contribution is -2.41. The smallest absolute Gasteiger partial charge is 0.253 e. The van der Waals surface area contributed by atoms with E-state index in [0.29, 0.717) is 23.6 Å². The van der Waals surface area contributed by atoms with Crippen LogP contribution in [0.15, 0.2) is 35.3 Å². The van der Waals surface area contributed by atoms with E-state index >= 15 is 0 Å². The highest BCUT2D eigenvalue weighted by molar-refractivity contribution is 5.96. The number of nitrogens with one attached hydrogen (secondary N) is 2. The summed E-state index contributed by atoms with van der Waals surface area (Å²) in [5.41, 5.74) is 3.89. The minimum absolute atomic E-state index is 0.131. The molecule has 2 aromatic rings. The molecule has 0 saturated carbocycles. The molecule has 4 heterocycles. The Morgan fingerprint density at radius 2 is 2.00 bits per heavy atom. The molecule has 32 heavy (non-hydrogen) atoms. The summed E-state index contributed by atoms with van der Waals surface area (Å²) in [6.07, 6.45) is 10.2. The number of hydrogen-bond donors (Lipinski definition) is 2. The number of aromatic nitrogens is 2. The summed E-state index contributed by atoms with van der Waals surface area (Å²) in [5.74, 6) is 0.703. The summed E-state index contributed by atoms with van der Waals surface area (Å²) in [7, 11) is 0. The second-order valence-corrected chi connectivity index (χ2v) is 8.47. The third-order valence-electron chi connectivity index (χ3n) is 6.38. The molecular formula is C25H32N4O3. The van der Waals surface area contributed by atoms with Crippen LogP contribution in [0.5, 0.6) is 0 Å². The van der Waals surface area contributed by atoms with Crippen molar-refractivity contribution in [3.63, 3.8) is 0 Å². The third kappa shape index (κ3) is 4.78. The monoisotopic (exact) mass is 436 g/mol. The number of fused-ring (bicyclic) bond motifs is 2. The Labute approximate surface area is 188 Å². The molecule has 2 aliphatic heterocycles. The zero-order valence-corrected chi connectivity index (χ0v) is 18.9. The van der Waals surface area contributed by atoms with Gasteiger partial charge in [0.1, 0.15) is 5.82 Å². The van der Waals surface area contributed by atoms with Crippen LogP contribution in [0.25, 0.3) is 0 Å². The van der Waals surface area contributed by atoms with Gasteiger partial charge >= 0.3 is 0 Å². The van der Waals surface area contributed by atoms with Crippen molar-refractivity contribution in [2.45, 2.75) is 58.5 Å². The molecular weight excluding hydrogens is 404 g/mol. The molecule has 0 spiro atoms. The highest BCUT2D eigenvalue weighted by Gasteiger charge is 2.26. The molecule has 7 heteroatoms. The van der Waals surface area contributed by atoms with Crippen LogP contribution in [0.3, 0.4) is 0 Å². The molecule has 0 radical (unpaired) electrons. The van der Waals surface area contributed by atoms with Crippen molar-refractivity contribution in [3.05, 3.63) is 68.8 Å². The van der Waals surface area contributed by atoms with Gasteiger partial charge in [-0.2, -0.15) is 0 Å². The topological polar surface area (TPSA) is 87.3 Å². The van der Waals surface area contributed by atoms with Gasteiger partial charge in [0.2, 0.25) is 0 Å². The van der Waals surface area contributed by atoms with Gasteiger partial charge in [-0.15, -0.1) is 0 Å². The molecule has 2 aromatic heterocycles. The number of nitrogens with zero attached hydrogens (tertiary/aromatic N) is 2. The van der Waals surface area contributed by atoms with Crippen LogP contribution in [-0.4, -0.2) is 41.7 Å². The quantitative estimate of drug-likeness (QED) is 0.722. The second kappa shape index (κ2) is 10.1. The fraction of sp³-hybridized carbons (Fsp3) is 0.480. The predicted octanol–water partition coefficient (Wildman–Crippen LogP) is 3.06. The third-order valence-corrected chi connectivity index (χ3v) is 6.38. The zero-order valence-electron chi connectivity index (χ0n) is 18.9. The molecule has 1 amide bonds. The number of hydrogen-bond acceptors (Lipinski definition) is 5. The lowest BCUT2D eigenvalue weighted by Gasteiger charge is -2.35. The first-order valence-electron chi connectivity index (χ1n) is 11.6. The first-order valence-corrected chi connectivity index (χ1v) is 11.6. The Balaban J connectivity index is 1.70. The van der Waals surface area contributed by atoms with Crippen LogP contribution in [0.2, 0.25) is 0 Å². The zero-order chi connectivity index (χ0) is 22.5. The summed E-state index contributed by atoms with van der Waals surface area (Å²) >= 11 is 0. The Morgan fingerprint density at radius 1 is 1.19 bits per heavy atom. The van der Waals surface area contributed by atoms with Crippen LogP contribution < -0.4 is 15.8 Å². The van der Waals surface area contributed by atoms with E-state index in [4.69, 9.17) is 9.72 Å². The molecule has 170 valence electrons. The minimum atomic E-state index is -0.174. The average Bonchev–Trinajstić information content (AvgIpc) is 2.79. The second-order valence-electron chi connectivity index (χ2n) is 8.47. The molecule has 0 aromatic carbocycles. The fourth-order valence-corrected chi connectivity index (χ4v) is 4.74. The normalized spacial score (nSPS) is 18.5. The number of carbonyl (C=O) groups excluding carboxylic acids is 1. The number of rotatable bonds is 3. The number of aryl methyl sites for hydroxylation is 2. The van der Waals surface area contributed by atoms with Gasteiger partial charge in [0.05, 0.1) is 0 Å². The van der Waals surface area contributed by atoms with Crippen LogP contribution in [0.4, 0.5) is 5.82 Å². The fourth-order valence-electron chi connectivity index (χ4n) is 4.74. The van der Waals surface area contributed by atoms with Crippen LogP contribution in [-0.2, 0) is 24.1 Å². The Hall–Kier alpha value is -2.93. The van der Waals surface area contributed by atoms with E-state index in [1.165, 1.54) is 0 Å². The molecule has 0 aliphatic carbocycles. The van der Waals surface area contributed by atoms with Crippen molar-refractivity contribution in [2.75, 3.05) is 24.7 Å². The lowest BCUT2D eigenvalue weighted by molar-refractivity contribution is 0.0844. The van der Waals surface area contributed by atoms with Crippen molar-refractivity contribution in [1.29, 1.82) is 0 Å². The summed E-state index contributed by atoms with van der Waals surface area (Å²) in [6.45, 7) is 6.56. The van der Waals surface area contributed by atoms with Gasteiger partial charge in [-0.05, 0) is 63.6 Å². The maximum Gasteiger partial charge on any atom is 0.253 e. The van der Waals surface area contributed by atoms with Gasteiger partial charge in [0.25, 0.3) is 11.5 Å². The molecule has 7 nitrogen and oxygen atoms in total. The van der Waals surface area contributed by atoms with E-state index in [1.54, 1.807) is 12.3 Å². The minimum Gasteiger partial charge on any atom is -0.381 e. The molecule has 0 unspecified atom stereocenters. The van der Waals surface area contributed by atoms with Crippen molar-refractivity contribution in [3.8, 4) is 0 Å². The Kier molecular flexibility index (Phi) is 7.05. The van der Waals surface area contributed by atoms with Gasteiger partial charge in [-0.1, -0.05) is 12.2 Å². The largest absolute Gasteiger partial charge is 0.381 e. The van der Waals surface area contributed by atoms with Gasteiger partial charge < -0.3 is 19.9 Å². The van der Waals surface area contributed by atoms with Crippen molar-refractivity contribution < 1.29 is 9.53 Å². The number of anilines is 1. The van der Waals surface area contributed by atoms with Crippen molar-refractivity contribution in [1.82, 2.24) is 15.3 Å². The maximum absolute atomic E-state index is 13.2. The van der Waals surface area contributed by atoms with E-state index in [0.717, 1.165) is 68.1 Å². The maximum atomic E-state index is 13.2. The summed E-state index contributed by atoms with van der Waals surface area (Å²) < 4.78 is 5.55. The Morgan fingerprint density at radius 3 is 2.78 bits per heavy atom. The summed E-state index contributed by atoms with van der Waals surface area (Å²) in [4.78, 5) is 35.7. The van der Waals surface area contributed by atoms with E-state index in [2.05, 4.69) is 34.3 Å². The van der Waals surface area contributed by atoms with Crippen LogP contribution in [0.1, 0.15) is 58.9 Å². The average molecular weight is 437 g/mol. The van der Waals surface area contributed by atoms with E-state index in [1.807, 2.05) is 13.0 Å². The number of amides is 1. The molecule has 4 rings (SSSR count). The molecule has 2 aliphatic rings. The van der Waals surface area contributed by atoms with Gasteiger partial charge in [-0.25, -0.2) is 4.98 Å². The van der Waals surface area contributed by atoms with Gasteiger partial charge in [0.15, 0.2) is 0 Å². The SMILES string of the molecule is CCN(c1nccc2c1C/C=C\CCc1cc(C)[nH]c(=O)c1CNC2=O)C1CCOCC1. The summed E-state index contributed by atoms with van der Waals surface area (Å²) in [5, 5.41) is 2.99. The first-order chi connectivity index (χ1) is 15.6. The predicted molar refractivity (Wildman–Crippen MR) is 125 cm³/mol. The Bertz CT molecular complexity index is 1050. The van der Waals surface area contributed by atoms with Gasteiger partial charge in [0, 0.05) is 60.9 Å². The molecule has 1 saturated heterocycles. The number of allylic oxidation sites excluding steroid dienone is 2. The number of carbonyl (C=O) groups is 1. The molecule has 1 fully saturated rings. The molecule has 0 atom stereocenters. The summed E-state index contributed by atoms with van der Waals surface area (Å²) in [6, 6.07) is 4.15. The number of H-pyrrole nitrogens is 1. The van der Waals surface area contributed by atoms with Crippen LogP contribution >= 0.6 is 0 Å². The van der Waals surface area contributed by atoms with E-state index in [9.17, 15) is 9.59 Å².